The van der Waals surface area contributed by atoms with E-state index in [1.807, 2.05) is 30.3 Å². The third kappa shape index (κ3) is 3.37. The maximum Gasteiger partial charge on any atom is 0.307 e. The zero-order valence-corrected chi connectivity index (χ0v) is 20.6. The highest BCUT2D eigenvalue weighted by atomic mass is 16.5. The molecule has 38 heavy (non-hydrogen) atoms. The van der Waals surface area contributed by atoms with Crippen LogP contribution in [0.3, 0.4) is 0 Å². The molecule has 8 heteroatoms. The Hall–Kier alpha value is -4.98. The van der Waals surface area contributed by atoms with Gasteiger partial charge in [-0.05, 0) is 43.3 Å². The van der Waals surface area contributed by atoms with Gasteiger partial charge in [0.25, 0.3) is 5.91 Å². The first-order valence-electron chi connectivity index (χ1n) is 12.3. The van der Waals surface area contributed by atoms with Crippen molar-refractivity contribution >= 4 is 56.5 Å². The molecular weight excluding hydrogens is 480 g/mol. The van der Waals surface area contributed by atoms with Crippen molar-refractivity contribution < 1.29 is 19.1 Å². The van der Waals surface area contributed by atoms with Crippen LogP contribution in [0.5, 0.6) is 0 Å². The number of ketones is 1. The predicted molar refractivity (Wildman–Crippen MR) is 145 cm³/mol. The van der Waals surface area contributed by atoms with Gasteiger partial charge in [0.15, 0.2) is 5.41 Å². The Kier molecular flexibility index (Phi) is 5.45. The second-order valence-corrected chi connectivity index (χ2v) is 9.22. The van der Waals surface area contributed by atoms with Crippen LogP contribution in [0.25, 0.3) is 21.8 Å². The lowest BCUT2D eigenvalue weighted by Gasteiger charge is -2.27. The number of aromatic amines is 1. The molecule has 1 amide bonds. The van der Waals surface area contributed by atoms with Crippen LogP contribution in [0.2, 0.25) is 0 Å². The highest BCUT2D eigenvalue weighted by molar-refractivity contribution is 6.30. The van der Waals surface area contributed by atoms with Gasteiger partial charge in [-0.1, -0.05) is 42.5 Å². The Morgan fingerprint density at radius 3 is 2.53 bits per heavy atom. The van der Waals surface area contributed by atoms with E-state index in [1.165, 1.54) is 4.90 Å². The minimum Gasteiger partial charge on any atom is -0.466 e. The molecule has 0 bridgehead atoms. The number of H-pyrrole nitrogens is 1. The van der Waals surface area contributed by atoms with Gasteiger partial charge in [-0.25, -0.2) is 0 Å². The number of hydrogen-bond acceptors (Lipinski definition) is 6. The van der Waals surface area contributed by atoms with Crippen LogP contribution in [0, 0.1) is 0 Å². The number of fused-ring (bicyclic) bond motifs is 4. The number of hydrogen-bond donors (Lipinski definition) is 2. The van der Waals surface area contributed by atoms with Crippen LogP contribution in [0.1, 0.15) is 29.4 Å². The Morgan fingerprint density at radius 1 is 0.974 bits per heavy atom. The Bertz CT molecular complexity index is 1740. The average molecular weight is 505 g/mol. The molecule has 6 rings (SSSR count). The van der Waals surface area contributed by atoms with E-state index in [0.29, 0.717) is 11.4 Å². The summed E-state index contributed by atoms with van der Waals surface area (Å²) in [7, 11) is 0. The molecule has 1 atom stereocenters. The third-order valence-electron chi connectivity index (χ3n) is 7.05. The molecule has 0 radical (unpaired) electrons. The van der Waals surface area contributed by atoms with E-state index in [1.54, 1.807) is 61.7 Å². The van der Waals surface area contributed by atoms with E-state index in [2.05, 4.69) is 9.97 Å². The average Bonchev–Trinajstić information content (AvgIpc) is 3.42. The van der Waals surface area contributed by atoms with Crippen LogP contribution in [-0.2, 0) is 19.7 Å². The summed E-state index contributed by atoms with van der Waals surface area (Å²) in [5, 5.41) is 1.71. The highest BCUT2D eigenvalue weighted by Crippen LogP contribution is 2.51. The molecule has 1 aliphatic rings. The van der Waals surface area contributed by atoms with Crippen LogP contribution in [0.15, 0.2) is 85.1 Å². The minimum atomic E-state index is -1.95. The number of carbonyl (C=O) groups excluding carboxylic acids is 3. The molecule has 5 aromatic rings. The molecule has 8 nitrogen and oxygen atoms in total. The molecule has 0 fully saturated rings. The number of benzene rings is 3. The Balaban J connectivity index is 1.59. The van der Waals surface area contributed by atoms with Crippen LogP contribution in [0.4, 0.5) is 17.1 Å². The summed E-state index contributed by atoms with van der Waals surface area (Å²) >= 11 is 0. The lowest BCUT2D eigenvalue weighted by Crippen LogP contribution is -2.47. The quantitative estimate of drug-likeness (QED) is 0.145. The zero-order valence-electron chi connectivity index (χ0n) is 20.6. The van der Waals surface area contributed by atoms with E-state index in [9.17, 15) is 14.4 Å². The van der Waals surface area contributed by atoms with Gasteiger partial charge in [0, 0.05) is 33.2 Å². The van der Waals surface area contributed by atoms with E-state index in [-0.39, 0.29) is 23.6 Å². The number of para-hydroxylation sites is 2. The first-order valence-corrected chi connectivity index (χ1v) is 12.3. The molecule has 3 aromatic carbocycles. The second-order valence-electron chi connectivity index (χ2n) is 9.22. The van der Waals surface area contributed by atoms with E-state index >= 15 is 0 Å². The van der Waals surface area contributed by atoms with Gasteiger partial charge < -0.3 is 15.5 Å². The second kappa shape index (κ2) is 8.85. The summed E-state index contributed by atoms with van der Waals surface area (Å²) in [5.41, 5.74) is 7.75. The molecule has 0 saturated heterocycles. The monoisotopic (exact) mass is 504 g/mol. The molecule has 0 saturated carbocycles. The molecule has 3 heterocycles. The lowest BCUT2D eigenvalue weighted by molar-refractivity contribution is -0.145. The van der Waals surface area contributed by atoms with Gasteiger partial charge >= 0.3 is 5.97 Å². The van der Waals surface area contributed by atoms with Crippen molar-refractivity contribution in [3.05, 3.63) is 96.3 Å². The molecule has 1 unspecified atom stereocenters. The summed E-state index contributed by atoms with van der Waals surface area (Å²) in [6.45, 7) is 1.78. The number of amides is 1. The molecule has 3 N–H and O–H groups in total. The fraction of sp³-hybridized carbons (Fsp3) is 0.133. The fourth-order valence-electron chi connectivity index (χ4n) is 5.43. The molecule has 188 valence electrons. The number of nitrogen functional groups attached to an aromatic ring is 1. The number of rotatable bonds is 6. The maximum absolute atomic E-state index is 14.5. The van der Waals surface area contributed by atoms with Crippen LogP contribution >= 0.6 is 0 Å². The molecule has 0 spiro atoms. The van der Waals surface area contributed by atoms with Crippen LogP contribution in [-0.4, -0.2) is 34.2 Å². The van der Waals surface area contributed by atoms with E-state index < -0.39 is 29.5 Å². The number of esters is 1. The van der Waals surface area contributed by atoms with Gasteiger partial charge in [0.1, 0.15) is 5.69 Å². The third-order valence-corrected chi connectivity index (χ3v) is 7.05. The maximum atomic E-state index is 14.5. The standard InChI is InChI=1S/C30H24N4O4/c1-2-38-26(35)16-30(28(36)23-15-20-19-11-6-7-13-22(19)33-24(20)17-32-23)27-21(31)12-8-14-25(27)34(29(30)37)18-9-4-3-5-10-18/h3-15,17,33H,2,16,31H2,1H3. The van der Waals surface area contributed by atoms with Crippen molar-refractivity contribution in [2.45, 2.75) is 18.8 Å². The van der Waals surface area contributed by atoms with Crippen molar-refractivity contribution in [1.82, 2.24) is 9.97 Å². The van der Waals surface area contributed by atoms with Crippen molar-refractivity contribution in [1.29, 1.82) is 0 Å². The largest absolute Gasteiger partial charge is 0.466 e. The van der Waals surface area contributed by atoms with Gasteiger partial charge in [-0.2, -0.15) is 0 Å². The molecule has 1 aliphatic heterocycles. The first-order chi connectivity index (χ1) is 18.5. The summed E-state index contributed by atoms with van der Waals surface area (Å²) in [6.07, 6.45) is 1.07. The summed E-state index contributed by atoms with van der Waals surface area (Å²) < 4.78 is 5.25. The van der Waals surface area contributed by atoms with Crippen molar-refractivity contribution in [2.24, 2.45) is 0 Å². The fourth-order valence-corrected chi connectivity index (χ4v) is 5.43. The number of nitrogens with zero attached hydrogens (tertiary/aromatic N) is 2. The molecular formula is C30H24N4O4. The Labute approximate surface area is 218 Å². The smallest absolute Gasteiger partial charge is 0.307 e. The van der Waals surface area contributed by atoms with Crippen molar-refractivity contribution in [3.8, 4) is 0 Å². The van der Waals surface area contributed by atoms with Gasteiger partial charge in [-0.3, -0.25) is 24.3 Å². The van der Waals surface area contributed by atoms with E-state index in [4.69, 9.17) is 10.5 Å². The summed E-state index contributed by atoms with van der Waals surface area (Å²) in [6, 6.07) is 23.4. The topological polar surface area (TPSA) is 118 Å². The van der Waals surface area contributed by atoms with Gasteiger partial charge in [0.2, 0.25) is 5.78 Å². The molecule has 2 aromatic heterocycles. The zero-order chi connectivity index (χ0) is 26.4. The highest BCUT2D eigenvalue weighted by Gasteiger charge is 2.59. The number of carbonyl (C=O) groups is 3. The summed E-state index contributed by atoms with van der Waals surface area (Å²) in [4.78, 5) is 51.1. The normalized spacial score (nSPS) is 16.7. The van der Waals surface area contributed by atoms with Crippen molar-refractivity contribution in [2.75, 3.05) is 17.2 Å². The number of nitrogens with two attached hydrogens (primary N) is 1. The Morgan fingerprint density at radius 2 is 1.74 bits per heavy atom. The molecule has 0 aliphatic carbocycles. The van der Waals surface area contributed by atoms with Crippen molar-refractivity contribution in [3.63, 3.8) is 0 Å². The first kappa shape index (κ1) is 23.4. The number of nitrogens with one attached hydrogen (secondary N) is 1. The minimum absolute atomic E-state index is 0.0593. The number of ether oxygens (including phenoxy) is 1. The number of Topliss-reactive ketones (excluding diaryl/α,β-unsaturated/α-hetero) is 1. The summed E-state index contributed by atoms with van der Waals surface area (Å²) in [5.74, 6) is -1.86. The van der Waals surface area contributed by atoms with Crippen LogP contribution < -0.4 is 10.6 Å². The number of anilines is 3. The number of pyridine rings is 1. The van der Waals surface area contributed by atoms with E-state index in [0.717, 1.165) is 21.8 Å². The lowest BCUT2D eigenvalue weighted by atomic mass is 9.73. The van der Waals surface area contributed by atoms with Gasteiger partial charge in [-0.15, -0.1) is 0 Å². The predicted octanol–water partition coefficient (Wildman–Crippen LogP) is 5.05. The number of aromatic nitrogens is 2. The SMILES string of the molecule is CCOC(=O)CC1(C(=O)c2cc3c(cn2)[nH]c2ccccc23)C(=O)N(c2ccccc2)c2cccc(N)c21. The van der Waals surface area contributed by atoms with Gasteiger partial charge in [0.05, 0.1) is 30.4 Å².